The molecule has 0 N–H and O–H groups in total. The molecule has 0 unspecified atom stereocenters. The van der Waals surface area contributed by atoms with Gasteiger partial charge in [0.15, 0.2) is 0 Å². The maximum atomic E-state index is 6.79. The monoisotopic (exact) mass is 813 g/mol. The molecule has 0 aliphatic rings. The van der Waals surface area contributed by atoms with Gasteiger partial charge >= 0.3 is 0 Å². The van der Waals surface area contributed by atoms with Gasteiger partial charge < -0.3 is 9.32 Å². The molecule has 13 aromatic rings. The summed E-state index contributed by atoms with van der Waals surface area (Å²) in [6.07, 6.45) is 0. The largest absolute Gasteiger partial charge is 0.455 e. The Hall–Kier alpha value is -8.46. The Morgan fingerprint density at radius 2 is 0.875 bits per heavy atom. The molecule has 0 saturated heterocycles. The number of rotatable bonds is 6. The van der Waals surface area contributed by atoms with Gasteiger partial charge in [-0.15, -0.1) is 0 Å². The first-order valence-corrected chi connectivity index (χ1v) is 22.0. The van der Waals surface area contributed by atoms with E-state index < -0.39 is 0 Å². The molecule has 0 aliphatic carbocycles. The fourth-order valence-corrected chi connectivity index (χ4v) is 10.1. The van der Waals surface area contributed by atoms with Crippen LogP contribution in [0.4, 0.5) is 17.1 Å². The van der Waals surface area contributed by atoms with Gasteiger partial charge in [-0.1, -0.05) is 176 Å². The molecule has 64 heavy (non-hydrogen) atoms. The predicted octanol–water partition coefficient (Wildman–Crippen LogP) is 17.8. The summed E-state index contributed by atoms with van der Waals surface area (Å²) in [6.45, 7) is 0. The van der Waals surface area contributed by atoms with Crippen molar-refractivity contribution in [2.45, 2.75) is 0 Å². The molecular formula is C62H39NO. The van der Waals surface area contributed by atoms with Crippen molar-refractivity contribution >= 4 is 92.9 Å². The van der Waals surface area contributed by atoms with Crippen LogP contribution in [0.5, 0.6) is 0 Å². The van der Waals surface area contributed by atoms with E-state index in [1.165, 1.54) is 70.9 Å². The van der Waals surface area contributed by atoms with E-state index in [2.05, 4.69) is 241 Å². The van der Waals surface area contributed by atoms with Crippen molar-refractivity contribution in [1.29, 1.82) is 0 Å². The second kappa shape index (κ2) is 14.6. The fourth-order valence-electron chi connectivity index (χ4n) is 10.1. The van der Waals surface area contributed by atoms with E-state index >= 15 is 0 Å². The molecule has 0 bridgehead atoms. The van der Waals surface area contributed by atoms with Crippen molar-refractivity contribution < 1.29 is 4.42 Å². The van der Waals surface area contributed by atoms with Crippen LogP contribution in [0, 0.1) is 0 Å². The smallest absolute Gasteiger partial charge is 0.143 e. The Morgan fingerprint density at radius 3 is 1.72 bits per heavy atom. The van der Waals surface area contributed by atoms with Crippen LogP contribution in [0.25, 0.3) is 109 Å². The number of fused-ring (bicyclic) bond motifs is 10. The van der Waals surface area contributed by atoms with Crippen molar-refractivity contribution in [1.82, 2.24) is 0 Å². The fraction of sp³-hybridized carbons (Fsp3) is 0. The maximum absolute atomic E-state index is 6.79. The normalized spacial score (nSPS) is 11.8. The van der Waals surface area contributed by atoms with Gasteiger partial charge in [0.2, 0.25) is 0 Å². The van der Waals surface area contributed by atoms with Crippen molar-refractivity contribution in [3.8, 4) is 33.4 Å². The molecule has 0 amide bonds. The van der Waals surface area contributed by atoms with Gasteiger partial charge in [-0.05, 0) is 143 Å². The molecule has 12 aromatic carbocycles. The van der Waals surface area contributed by atoms with Crippen LogP contribution < -0.4 is 4.90 Å². The molecular weight excluding hydrogens is 775 g/mol. The van der Waals surface area contributed by atoms with E-state index in [4.69, 9.17) is 4.42 Å². The topological polar surface area (TPSA) is 16.4 Å². The van der Waals surface area contributed by atoms with Crippen LogP contribution in [-0.4, -0.2) is 0 Å². The lowest BCUT2D eigenvalue weighted by atomic mass is 9.92. The molecule has 2 heteroatoms. The Labute approximate surface area is 370 Å². The molecule has 2 nitrogen and oxygen atoms in total. The number of benzene rings is 12. The third-order valence-electron chi connectivity index (χ3n) is 13.2. The highest BCUT2D eigenvalue weighted by Crippen LogP contribution is 2.47. The third-order valence-corrected chi connectivity index (χ3v) is 13.2. The van der Waals surface area contributed by atoms with Gasteiger partial charge in [-0.2, -0.15) is 0 Å². The molecule has 0 aliphatic heterocycles. The second-order valence-corrected chi connectivity index (χ2v) is 16.8. The zero-order valence-corrected chi connectivity index (χ0v) is 34.9. The summed E-state index contributed by atoms with van der Waals surface area (Å²) in [6, 6.07) is 86.2. The average Bonchev–Trinajstić information content (AvgIpc) is 3.76. The number of anilines is 3. The Kier molecular flexibility index (Phi) is 8.25. The summed E-state index contributed by atoms with van der Waals surface area (Å²) >= 11 is 0. The number of furan rings is 1. The van der Waals surface area contributed by atoms with Crippen LogP contribution in [0.15, 0.2) is 241 Å². The zero-order valence-electron chi connectivity index (χ0n) is 34.9. The van der Waals surface area contributed by atoms with Gasteiger partial charge in [0.05, 0.1) is 11.1 Å². The van der Waals surface area contributed by atoms with Crippen molar-refractivity contribution in [3.05, 3.63) is 237 Å². The minimum atomic E-state index is 0.859. The average molecular weight is 814 g/mol. The highest BCUT2D eigenvalue weighted by molar-refractivity contribution is 6.20. The first-order valence-electron chi connectivity index (χ1n) is 22.0. The number of hydrogen-bond acceptors (Lipinski definition) is 2. The molecule has 0 saturated carbocycles. The maximum Gasteiger partial charge on any atom is 0.143 e. The van der Waals surface area contributed by atoms with E-state index in [1.54, 1.807) is 0 Å². The van der Waals surface area contributed by atoms with Gasteiger partial charge in [0.1, 0.15) is 11.2 Å². The minimum absolute atomic E-state index is 0.859. The summed E-state index contributed by atoms with van der Waals surface area (Å²) < 4.78 is 6.79. The quantitative estimate of drug-likeness (QED) is 0.156. The van der Waals surface area contributed by atoms with E-state index in [1.807, 2.05) is 0 Å². The van der Waals surface area contributed by atoms with E-state index in [-0.39, 0.29) is 0 Å². The summed E-state index contributed by atoms with van der Waals surface area (Å²) in [5, 5.41) is 14.3. The van der Waals surface area contributed by atoms with E-state index in [0.717, 1.165) is 55.3 Å². The summed E-state index contributed by atoms with van der Waals surface area (Å²) in [5.41, 5.74) is 12.1. The number of hydrogen-bond donors (Lipinski definition) is 0. The van der Waals surface area contributed by atoms with E-state index in [0.29, 0.717) is 0 Å². The molecule has 0 radical (unpaired) electrons. The standard InChI is InChI=1S/C62H39NO/c1-2-14-41(15-3-1)58-39-50(32-34-52(58)47-27-25-40-13-4-5-17-43(40)35-47)63(59-23-12-24-60-61(59)56-33-30-42-16-6-9-20-53(42)62(56)64-60)49-31-29-44-36-48(28-26-45(44)37-49)57-38-46-18-7-8-19-51(46)54-21-10-11-22-55(54)57/h1-39H. The molecule has 13 rings (SSSR count). The predicted molar refractivity (Wildman–Crippen MR) is 272 cm³/mol. The Bertz CT molecular complexity index is 3970. The zero-order chi connectivity index (χ0) is 42.1. The highest BCUT2D eigenvalue weighted by Gasteiger charge is 2.22. The number of nitrogens with zero attached hydrogens (tertiary/aromatic N) is 1. The highest BCUT2D eigenvalue weighted by atomic mass is 16.3. The molecule has 0 spiro atoms. The Morgan fingerprint density at radius 1 is 0.281 bits per heavy atom. The second-order valence-electron chi connectivity index (χ2n) is 16.8. The van der Waals surface area contributed by atoms with Crippen molar-refractivity contribution in [2.24, 2.45) is 0 Å². The Balaban J connectivity index is 1.03. The van der Waals surface area contributed by atoms with Crippen LogP contribution in [0.1, 0.15) is 0 Å². The van der Waals surface area contributed by atoms with Crippen LogP contribution in [0.3, 0.4) is 0 Å². The van der Waals surface area contributed by atoms with Gasteiger partial charge in [0, 0.05) is 22.1 Å². The summed E-state index contributed by atoms with van der Waals surface area (Å²) in [5.74, 6) is 0. The van der Waals surface area contributed by atoms with Crippen LogP contribution in [0.2, 0.25) is 0 Å². The SMILES string of the molecule is c1ccc(-c2cc(N(c3ccc4cc(-c5cc6ccccc6c6ccccc56)ccc4c3)c3cccc4oc5c6ccccc6ccc5c34)ccc2-c2ccc3ccccc3c2)cc1. The lowest BCUT2D eigenvalue weighted by Gasteiger charge is -2.28. The minimum Gasteiger partial charge on any atom is -0.455 e. The first-order chi connectivity index (χ1) is 31.7. The molecule has 1 heterocycles. The molecule has 298 valence electrons. The van der Waals surface area contributed by atoms with Gasteiger partial charge in [-0.3, -0.25) is 0 Å². The van der Waals surface area contributed by atoms with Crippen LogP contribution >= 0.6 is 0 Å². The van der Waals surface area contributed by atoms with Crippen LogP contribution in [-0.2, 0) is 0 Å². The van der Waals surface area contributed by atoms with Gasteiger partial charge in [-0.25, -0.2) is 0 Å². The van der Waals surface area contributed by atoms with Crippen molar-refractivity contribution in [3.63, 3.8) is 0 Å². The lowest BCUT2D eigenvalue weighted by molar-refractivity contribution is 0.672. The molecule has 1 aromatic heterocycles. The first kappa shape index (κ1) is 36.2. The summed E-state index contributed by atoms with van der Waals surface area (Å²) in [7, 11) is 0. The summed E-state index contributed by atoms with van der Waals surface area (Å²) in [4.78, 5) is 2.42. The van der Waals surface area contributed by atoms with Gasteiger partial charge in [0.25, 0.3) is 0 Å². The van der Waals surface area contributed by atoms with E-state index in [9.17, 15) is 0 Å². The third kappa shape index (κ3) is 5.88. The lowest BCUT2D eigenvalue weighted by Crippen LogP contribution is -2.10. The molecule has 0 atom stereocenters. The molecule has 0 fully saturated rings. The van der Waals surface area contributed by atoms with Crippen molar-refractivity contribution in [2.75, 3.05) is 4.90 Å².